The molecule has 1 nitrogen and oxygen atoms in total. The molecule has 1 aromatic carbocycles. The molecule has 0 N–H and O–H groups in total. The van der Waals surface area contributed by atoms with Crippen LogP contribution in [0, 0.1) is 0 Å². The van der Waals surface area contributed by atoms with Gasteiger partial charge in [-0.25, -0.2) is 0 Å². The van der Waals surface area contributed by atoms with Crippen molar-refractivity contribution in [2.24, 2.45) is 0 Å². The predicted molar refractivity (Wildman–Crippen MR) is 47.9 cm³/mol. The maximum atomic E-state index is 2.08. The van der Waals surface area contributed by atoms with E-state index >= 15 is 0 Å². The molecule has 0 heterocycles. The molecule has 0 spiro atoms. The summed E-state index contributed by atoms with van der Waals surface area (Å²) in [6.45, 7) is 0. The summed E-state index contributed by atoms with van der Waals surface area (Å²) in [7, 11) is 4.07. The fourth-order valence-corrected chi connectivity index (χ4v) is 0.726. The summed E-state index contributed by atoms with van der Waals surface area (Å²) in [4.78, 5) is 2.08. The first-order chi connectivity index (χ1) is 4.30. The summed E-state index contributed by atoms with van der Waals surface area (Å²) in [6, 6.07) is 10.3. The third-order valence-corrected chi connectivity index (χ3v) is 1.27. The van der Waals surface area contributed by atoms with Gasteiger partial charge in [0.25, 0.3) is 0 Å². The Morgan fingerprint density at radius 3 is 1.80 bits per heavy atom. The Kier molecular flexibility index (Phi) is 5.68. The molecule has 10 heavy (non-hydrogen) atoms. The van der Waals surface area contributed by atoms with Gasteiger partial charge in [0.15, 0.2) is 0 Å². The molecule has 0 aromatic heterocycles. The van der Waals surface area contributed by atoms with E-state index in [-0.39, 0.29) is 51.4 Å². The van der Waals surface area contributed by atoms with Crippen LogP contribution >= 0.6 is 0 Å². The Balaban J connectivity index is 0.000000810. The van der Waals surface area contributed by atoms with Gasteiger partial charge in [-0.05, 0) is 12.1 Å². The van der Waals surface area contributed by atoms with Crippen molar-refractivity contribution in [1.29, 1.82) is 0 Å². The number of hydrogen-bond acceptors (Lipinski definition) is 1. The number of benzene rings is 1. The van der Waals surface area contributed by atoms with E-state index in [1.807, 2.05) is 32.3 Å². The second-order valence-corrected chi connectivity index (χ2v) is 2.23. The van der Waals surface area contributed by atoms with Gasteiger partial charge >= 0.3 is 51.4 Å². The van der Waals surface area contributed by atoms with Crippen LogP contribution in [0.25, 0.3) is 0 Å². The molecule has 0 aliphatic heterocycles. The van der Waals surface area contributed by atoms with Crippen LogP contribution in [0.5, 0.6) is 0 Å². The first-order valence-electron chi connectivity index (χ1n) is 3.03. The fraction of sp³-hybridized carbons (Fsp3) is 0.250. The van der Waals surface area contributed by atoms with Gasteiger partial charge in [-0.3, -0.25) is 0 Å². The summed E-state index contributed by atoms with van der Waals surface area (Å²) in [5.74, 6) is 0. The van der Waals surface area contributed by atoms with E-state index in [9.17, 15) is 0 Å². The van der Waals surface area contributed by atoms with Crippen LogP contribution in [0.2, 0.25) is 0 Å². The molecule has 50 valence electrons. The zero-order chi connectivity index (χ0) is 6.69. The van der Waals surface area contributed by atoms with E-state index in [0.29, 0.717) is 0 Å². The van der Waals surface area contributed by atoms with Gasteiger partial charge < -0.3 is 4.90 Å². The summed E-state index contributed by atoms with van der Waals surface area (Å²) in [6.07, 6.45) is 0. The molecular weight excluding hydrogens is 149 g/mol. The Morgan fingerprint density at radius 2 is 1.50 bits per heavy atom. The van der Waals surface area contributed by atoms with E-state index in [4.69, 9.17) is 0 Å². The molecule has 1 rings (SSSR count). The van der Waals surface area contributed by atoms with E-state index in [2.05, 4.69) is 17.0 Å². The molecule has 0 radical (unpaired) electrons. The SMILES string of the molecule is CN(C)c1ccccc1.[KH]. The van der Waals surface area contributed by atoms with Gasteiger partial charge in [0.1, 0.15) is 0 Å². The van der Waals surface area contributed by atoms with Crippen LogP contribution in [0.3, 0.4) is 0 Å². The fourth-order valence-electron chi connectivity index (χ4n) is 0.726. The molecule has 1 aromatic rings. The number of hydrogen-bond donors (Lipinski definition) is 0. The topological polar surface area (TPSA) is 3.24 Å². The van der Waals surface area contributed by atoms with Crippen LogP contribution < -0.4 is 4.90 Å². The monoisotopic (exact) mass is 161 g/mol. The number of para-hydroxylation sites is 1. The maximum absolute atomic E-state index is 2.08. The van der Waals surface area contributed by atoms with E-state index in [1.54, 1.807) is 0 Å². The van der Waals surface area contributed by atoms with Crippen LogP contribution in [0.1, 0.15) is 0 Å². The van der Waals surface area contributed by atoms with Crippen molar-refractivity contribution < 1.29 is 0 Å². The predicted octanol–water partition coefficient (Wildman–Crippen LogP) is 1.10. The molecule has 0 saturated carbocycles. The van der Waals surface area contributed by atoms with E-state index in [0.717, 1.165) is 0 Å². The third kappa shape index (κ3) is 3.17. The van der Waals surface area contributed by atoms with Gasteiger partial charge in [0, 0.05) is 19.8 Å². The molecule has 0 amide bonds. The Labute approximate surface area is 105 Å². The Bertz CT molecular complexity index is 172. The first kappa shape index (κ1) is 10.7. The van der Waals surface area contributed by atoms with Gasteiger partial charge in [-0.2, -0.15) is 0 Å². The van der Waals surface area contributed by atoms with Crippen LogP contribution in [-0.4, -0.2) is 65.5 Å². The van der Waals surface area contributed by atoms with E-state index in [1.165, 1.54) is 5.69 Å². The van der Waals surface area contributed by atoms with Crippen molar-refractivity contribution in [2.75, 3.05) is 19.0 Å². The minimum atomic E-state index is 0. The number of nitrogens with zero attached hydrogens (tertiary/aromatic N) is 1. The minimum absolute atomic E-state index is 0. The summed E-state index contributed by atoms with van der Waals surface area (Å²) >= 11 is 0. The average molecular weight is 161 g/mol. The van der Waals surface area contributed by atoms with Crippen molar-refractivity contribution in [3.8, 4) is 0 Å². The van der Waals surface area contributed by atoms with E-state index < -0.39 is 0 Å². The second kappa shape index (κ2) is 5.33. The summed E-state index contributed by atoms with van der Waals surface area (Å²) in [5, 5.41) is 0. The zero-order valence-corrected chi connectivity index (χ0v) is 5.83. The molecule has 0 aliphatic rings. The molecule has 0 aliphatic carbocycles. The van der Waals surface area contributed by atoms with Crippen molar-refractivity contribution >= 4 is 57.1 Å². The molecule has 0 fully saturated rings. The van der Waals surface area contributed by atoms with Crippen LogP contribution in [0.15, 0.2) is 30.3 Å². The Hall–Kier alpha value is 0.656. The average Bonchev–Trinajstić information content (AvgIpc) is 1.90. The zero-order valence-electron chi connectivity index (χ0n) is 5.83. The quantitative estimate of drug-likeness (QED) is 0.558. The normalized spacial score (nSPS) is 8.20. The number of anilines is 1. The summed E-state index contributed by atoms with van der Waals surface area (Å²) < 4.78 is 0. The first-order valence-corrected chi connectivity index (χ1v) is 3.03. The molecule has 0 atom stereocenters. The van der Waals surface area contributed by atoms with Gasteiger partial charge in [0.05, 0.1) is 0 Å². The van der Waals surface area contributed by atoms with Crippen molar-refractivity contribution in [2.45, 2.75) is 0 Å². The number of rotatable bonds is 1. The van der Waals surface area contributed by atoms with Crippen molar-refractivity contribution in [3.05, 3.63) is 30.3 Å². The molecule has 0 unspecified atom stereocenters. The standard InChI is InChI=1S/C8H11N.K.H/c1-9(2)8-6-4-3-5-7-8;;/h3-7H,1-2H3;;. The Morgan fingerprint density at radius 1 is 1.00 bits per heavy atom. The van der Waals surface area contributed by atoms with Crippen LogP contribution in [0.4, 0.5) is 5.69 Å². The molecule has 0 bridgehead atoms. The molecular formula is C8H12KN. The van der Waals surface area contributed by atoms with Crippen molar-refractivity contribution in [3.63, 3.8) is 0 Å². The third-order valence-electron chi connectivity index (χ3n) is 1.27. The molecule has 2 heteroatoms. The summed E-state index contributed by atoms with van der Waals surface area (Å²) in [5.41, 5.74) is 1.25. The van der Waals surface area contributed by atoms with Gasteiger partial charge in [-0.1, -0.05) is 18.2 Å². The van der Waals surface area contributed by atoms with Crippen molar-refractivity contribution in [1.82, 2.24) is 0 Å². The van der Waals surface area contributed by atoms with Gasteiger partial charge in [-0.15, -0.1) is 0 Å². The van der Waals surface area contributed by atoms with Crippen LogP contribution in [-0.2, 0) is 0 Å². The second-order valence-electron chi connectivity index (χ2n) is 2.23. The van der Waals surface area contributed by atoms with Gasteiger partial charge in [0.2, 0.25) is 0 Å². The molecule has 0 saturated heterocycles.